The van der Waals surface area contributed by atoms with Gasteiger partial charge in [-0.3, -0.25) is 9.89 Å². The van der Waals surface area contributed by atoms with E-state index in [2.05, 4.69) is 42.2 Å². The maximum Gasteiger partial charge on any atom is 0.185 e. The van der Waals surface area contributed by atoms with Crippen LogP contribution in [-0.2, 0) is 0 Å². The number of rotatable bonds is 5. The highest BCUT2D eigenvalue weighted by Gasteiger charge is 2.07. The largest absolute Gasteiger partial charge is 0.496 e. The average molecular weight is 346 g/mol. The molecule has 3 rings (SSSR count). The molecule has 0 saturated heterocycles. The van der Waals surface area contributed by atoms with Gasteiger partial charge in [0, 0.05) is 11.1 Å². The summed E-state index contributed by atoms with van der Waals surface area (Å²) in [5.74, 6) is 0.718. The van der Waals surface area contributed by atoms with Gasteiger partial charge in [0.15, 0.2) is 5.78 Å². The van der Waals surface area contributed by atoms with Crippen LogP contribution in [0, 0.1) is 20.8 Å². The van der Waals surface area contributed by atoms with Gasteiger partial charge >= 0.3 is 0 Å². The average Bonchev–Trinajstić information content (AvgIpc) is 3.11. The molecular weight excluding hydrogens is 324 g/mol. The number of nitrogens with one attached hydrogen (secondary N) is 1. The molecule has 0 aliphatic heterocycles. The van der Waals surface area contributed by atoms with Gasteiger partial charge in [-0.05, 0) is 79.9 Å². The molecule has 0 spiro atoms. The van der Waals surface area contributed by atoms with E-state index in [1.54, 1.807) is 25.3 Å². The number of aromatic nitrogens is 2. The molecule has 4 nitrogen and oxygen atoms in total. The number of ether oxygens (including phenoxy) is 1. The highest BCUT2D eigenvalue weighted by molar-refractivity contribution is 6.07. The molecule has 1 N–H and O–H groups in total. The van der Waals surface area contributed by atoms with Crippen LogP contribution in [0.1, 0.15) is 32.7 Å². The van der Waals surface area contributed by atoms with E-state index in [0.29, 0.717) is 5.56 Å². The first-order chi connectivity index (χ1) is 12.5. The minimum Gasteiger partial charge on any atom is -0.496 e. The van der Waals surface area contributed by atoms with Crippen molar-refractivity contribution in [1.82, 2.24) is 10.2 Å². The van der Waals surface area contributed by atoms with E-state index in [0.717, 1.165) is 28.3 Å². The van der Waals surface area contributed by atoms with E-state index in [4.69, 9.17) is 4.74 Å². The zero-order valence-electron chi connectivity index (χ0n) is 15.5. The third kappa shape index (κ3) is 3.75. The molecule has 0 saturated carbocycles. The Morgan fingerprint density at radius 3 is 2.50 bits per heavy atom. The number of benzene rings is 2. The van der Waals surface area contributed by atoms with Crippen molar-refractivity contribution >= 4 is 11.9 Å². The SMILES string of the molecule is COc1ccc(C(=O)/C=C/c2cc(-c3ccc(C)c(C)c3)n[nH]2)cc1C. The Bertz CT molecular complexity index is 984. The van der Waals surface area contributed by atoms with Crippen molar-refractivity contribution in [3.8, 4) is 17.0 Å². The van der Waals surface area contributed by atoms with Gasteiger partial charge in [0.25, 0.3) is 0 Å². The zero-order valence-corrected chi connectivity index (χ0v) is 15.5. The molecule has 0 fully saturated rings. The summed E-state index contributed by atoms with van der Waals surface area (Å²) < 4.78 is 5.23. The monoisotopic (exact) mass is 346 g/mol. The normalized spacial score (nSPS) is 11.1. The third-order valence-electron chi connectivity index (χ3n) is 4.49. The molecule has 1 heterocycles. The molecule has 132 valence electrons. The first-order valence-corrected chi connectivity index (χ1v) is 8.48. The van der Waals surface area contributed by atoms with E-state index < -0.39 is 0 Å². The molecule has 0 unspecified atom stereocenters. The van der Waals surface area contributed by atoms with E-state index in [-0.39, 0.29) is 5.78 Å². The number of methoxy groups -OCH3 is 1. The van der Waals surface area contributed by atoms with Crippen LogP contribution in [0.2, 0.25) is 0 Å². The first-order valence-electron chi connectivity index (χ1n) is 8.48. The van der Waals surface area contributed by atoms with E-state index in [1.165, 1.54) is 11.1 Å². The maximum absolute atomic E-state index is 12.4. The first kappa shape index (κ1) is 17.7. The van der Waals surface area contributed by atoms with Crippen molar-refractivity contribution in [2.45, 2.75) is 20.8 Å². The van der Waals surface area contributed by atoms with Crippen LogP contribution in [0.3, 0.4) is 0 Å². The number of aryl methyl sites for hydroxylation is 3. The molecule has 0 aliphatic rings. The predicted octanol–water partition coefficient (Wildman–Crippen LogP) is 4.91. The summed E-state index contributed by atoms with van der Waals surface area (Å²) in [7, 11) is 1.62. The number of carbonyl (C=O) groups excluding carboxylic acids is 1. The standard InChI is InChI=1S/C22H22N2O2/c1-14-5-6-17(11-15(14)2)20-13-19(23-24-20)8-9-21(25)18-7-10-22(26-4)16(3)12-18/h5-13H,1-4H3,(H,23,24)/b9-8+. The van der Waals surface area contributed by atoms with E-state index in [9.17, 15) is 4.79 Å². The summed E-state index contributed by atoms with van der Waals surface area (Å²) >= 11 is 0. The summed E-state index contributed by atoms with van der Waals surface area (Å²) in [6.07, 6.45) is 3.30. The second-order valence-electron chi connectivity index (χ2n) is 6.39. The number of allylic oxidation sites excluding steroid dienone is 1. The minimum atomic E-state index is -0.0573. The number of aromatic amines is 1. The number of ketones is 1. The number of hydrogen-bond donors (Lipinski definition) is 1. The summed E-state index contributed by atoms with van der Waals surface area (Å²) in [5.41, 5.74) is 6.76. The quantitative estimate of drug-likeness (QED) is 0.528. The Labute approximate surface area is 153 Å². The van der Waals surface area contributed by atoms with Gasteiger partial charge in [-0.1, -0.05) is 12.1 Å². The zero-order chi connectivity index (χ0) is 18.7. The van der Waals surface area contributed by atoms with E-state index in [1.807, 2.05) is 25.1 Å². The van der Waals surface area contributed by atoms with Crippen LogP contribution in [-0.4, -0.2) is 23.1 Å². The number of carbonyl (C=O) groups is 1. The van der Waals surface area contributed by atoms with Gasteiger partial charge in [-0.2, -0.15) is 5.10 Å². The van der Waals surface area contributed by atoms with Crippen LogP contribution < -0.4 is 4.74 Å². The van der Waals surface area contributed by atoms with Crippen LogP contribution >= 0.6 is 0 Å². The molecule has 0 radical (unpaired) electrons. The Kier molecular flexibility index (Phi) is 5.03. The molecule has 3 aromatic rings. The lowest BCUT2D eigenvalue weighted by atomic mass is 10.0. The lowest BCUT2D eigenvalue weighted by Crippen LogP contribution is -1.96. The molecule has 2 aromatic carbocycles. The Morgan fingerprint density at radius 2 is 1.81 bits per heavy atom. The van der Waals surface area contributed by atoms with Gasteiger partial charge in [0.05, 0.1) is 18.5 Å². The van der Waals surface area contributed by atoms with Gasteiger partial charge in [0.2, 0.25) is 0 Å². The van der Waals surface area contributed by atoms with Crippen molar-refractivity contribution in [3.63, 3.8) is 0 Å². The molecule has 1 aromatic heterocycles. The van der Waals surface area contributed by atoms with Crippen molar-refractivity contribution < 1.29 is 9.53 Å². The fraction of sp³-hybridized carbons (Fsp3) is 0.182. The topological polar surface area (TPSA) is 55.0 Å². The highest BCUT2D eigenvalue weighted by atomic mass is 16.5. The predicted molar refractivity (Wildman–Crippen MR) is 105 cm³/mol. The summed E-state index contributed by atoms with van der Waals surface area (Å²) in [6, 6.07) is 13.6. The van der Waals surface area contributed by atoms with Crippen molar-refractivity contribution in [2.24, 2.45) is 0 Å². The van der Waals surface area contributed by atoms with Gasteiger partial charge in [-0.15, -0.1) is 0 Å². The van der Waals surface area contributed by atoms with Crippen molar-refractivity contribution in [2.75, 3.05) is 7.11 Å². The second-order valence-corrected chi connectivity index (χ2v) is 6.39. The molecular formula is C22H22N2O2. The Balaban J connectivity index is 1.76. The Morgan fingerprint density at radius 1 is 1.00 bits per heavy atom. The van der Waals surface area contributed by atoms with Gasteiger partial charge in [-0.25, -0.2) is 0 Å². The van der Waals surface area contributed by atoms with Crippen molar-refractivity contribution in [1.29, 1.82) is 0 Å². The lowest BCUT2D eigenvalue weighted by Gasteiger charge is -2.05. The third-order valence-corrected chi connectivity index (χ3v) is 4.49. The molecule has 0 aliphatic carbocycles. The number of nitrogens with zero attached hydrogens (tertiary/aromatic N) is 1. The molecule has 26 heavy (non-hydrogen) atoms. The smallest absolute Gasteiger partial charge is 0.185 e. The molecule has 4 heteroatoms. The summed E-state index contributed by atoms with van der Waals surface area (Å²) in [5, 5.41) is 7.31. The van der Waals surface area contributed by atoms with Crippen molar-refractivity contribution in [3.05, 3.63) is 76.5 Å². The second kappa shape index (κ2) is 7.40. The van der Waals surface area contributed by atoms with Crippen LogP contribution in [0.5, 0.6) is 5.75 Å². The lowest BCUT2D eigenvalue weighted by molar-refractivity contribution is 0.104. The van der Waals surface area contributed by atoms with Crippen LogP contribution in [0.15, 0.2) is 48.5 Å². The fourth-order valence-corrected chi connectivity index (χ4v) is 2.76. The number of H-pyrrole nitrogens is 1. The Hall–Kier alpha value is -3.14. The van der Waals surface area contributed by atoms with Crippen LogP contribution in [0.25, 0.3) is 17.3 Å². The summed E-state index contributed by atoms with van der Waals surface area (Å²) in [4.78, 5) is 12.4. The number of hydrogen-bond acceptors (Lipinski definition) is 3. The molecule has 0 atom stereocenters. The minimum absolute atomic E-state index is 0.0573. The fourth-order valence-electron chi connectivity index (χ4n) is 2.76. The van der Waals surface area contributed by atoms with Gasteiger partial charge < -0.3 is 4.74 Å². The summed E-state index contributed by atoms with van der Waals surface area (Å²) in [6.45, 7) is 6.09. The van der Waals surface area contributed by atoms with Crippen LogP contribution in [0.4, 0.5) is 0 Å². The maximum atomic E-state index is 12.4. The molecule has 0 bridgehead atoms. The molecule has 0 amide bonds. The highest BCUT2D eigenvalue weighted by Crippen LogP contribution is 2.22. The van der Waals surface area contributed by atoms with E-state index >= 15 is 0 Å². The van der Waals surface area contributed by atoms with Gasteiger partial charge in [0.1, 0.15) is 5.75 Å².